The molecule has 1 heterocycles. The second kappa shape index (κ2) is 4.14. The average molecular weight is 169 g/mol. The number of hydrogen-bond donors (Lipinski definition) is 1. The third-order valence-electron chi connectivity index (χ3n) is 2.00. The van der Waals surface area contributed by atoms with Gasteiger partial charge in [0.05, 0.1) is 6.61 Å². The number of amides is 1. The van der Waals surface area contributed by atoms with Crippen molar-refractivity contribution in [3.63, 3.8) is 0 Å². The van der Waals surface area contributed by atoms with Crippen molar-refractivity contribution in [3.8, 4) is 0 Å². The van der Waals surface area contributed by atoms with Crippen molar-refractivity contribution in [3.05, 3.63) is 11.8 Å². The molecule has 0 spiro atoms. The van der Waals surface area contributed by atoms with Gasteiger partial charge >= 0.3 is 0 Å². The lowest BCUT2D eigenvalue weighted by molar-refractivity contribution is -0.117. The third-order valence-corrected chi connectivity index (χ3v) is 2.00. The van der Waals surface area contributed by atoms with Gasteiger partial charge in [-0.2, -0.15) is 0 Å². The number of carbonyl (C=O) groups excluding carboxylic acids is 1. The molecule has 1 unspecified atom stereocenters. The molecule has 0 bridgehead atoms. The Morgan fingerprint density at radius 2 is 2.42 bits per heavy atom. The van der Waals surface area contributed by atoms with Crippen LogP contribution in [0.1, 0.15) is 20.3 Å². The van der Waals surface area contributed by atoms with E-state index in [9.17, 15) is 4.79 Å². The zero-order chi connectivity index (χ0) is 8.97. The predicted molar refractivity (Wildman–Crippen MR) is 46.5 cm³/mol. The maximum absolute atomic E-state index is 10.9. The van der Waals surface area contributed by atoms with E-state index in [1.54, 1.807) is 6.08 Å². The number of nitrogens with one attached hydrogen (secondary N) is 1. The molecule has 0 aliphatic carbocycles. The molecule has 0 saturated carbocycles. The highest BCUT2D eigenvalue weighted by molar-refractivity contribution is 5.88. The first kappa shape index (κ1) is 9.10. The highest BCUT2D eigenvalue weighted by Gasteiger charge is 2.20. The molecule has 68 valence electrons. The summed E-state index contributed by atoms with van der Waals surface area (Å²) in [7, 11) is 0. The van der Waals surface area contributed by atoms with E-state index >= 15 is 0 Å². The monoisotopic (exact) mass is 169 g/mol. The van der Waals surface area contributed by atoms with Crippen LogP contribution in [0, 0.1) is 5.92 Å². The molecule has 0 aromatic rings. The Labute approximate surface area is 72.8 Å². The Bertz CT molecular complexity index is 199. The smallest absolute Gasteiger partial charge is 0.247 e. The second-order valence-corrected chi connectivity index (χ2v) is 2.83. The summed E-state index contributed by atoms with van der Waals surface area (Å²) in [6.45, 7) is 5.37. The number of carbonyl (C=O) groups is 1. The minimum atomic E-state index is -0.0387. The highest BCUT2D eigenvalue weighted by atomic mass is 16.5. The lowest BCUT2D eigenvalue weighted by atomic mass is 10.0. The van der Waals surface area contributed by atoms with Gasteiger partial charge in [0.1, 0.15) is 5.76 Å². The molecule has 1 rings (SSSR count). The highest BCUT2D eigenvalue weighted by Crippen LogP contribution is 2.18. The Balaban J connectivity index is 2.66. The van der Waals surface area contributed by atoms with Crippen LogP contribution in [-0.4, -0.2) is 19.1 Å². The first-order chi connectivity index (χ1) is 5.77. The van der Waals surface area contributed by atoms with Gasteiger partial charge in [0.15, 0.2) is 0 Å². The minimum absolute atomic E-state index is 0.0387. The Kier molecular flexibility index (Phi) is 3.14. The second-order valence-electron chi connectivity index (χ2n) is 2.83. The summed E-state index contributed by atoms with van der Waals surface area (Å²) < 4.78 is 5.36. The van der Waals surface area contributed by atoms with E-state index in [-0.39, 0.29) is 5.91 Å². The van der Waals surface area contributed by atoms with Crippen LogP contribution in [-0.2, 0) is 9.53 Å². The van der Waals surface area contributed by atoms with Gasteiger partial charge in [0, 0.05) is 18.5 Å². The molecule has 1 aliphatic heterocycles. The molecule has 0 radical (unpaired) electrons. The molecule has 1 aliphatic rings. The molecule has 1 amide bonds. The molecular weight excluding hydrogens is 154 g/mol. The SMILES string of the molecule is CCOC1=CC(=O)NCC1CC. The van der Waals surface area contributed by atoms with Gasteiger partial charge in [-0.15, -0.1) is 0 Å². The Morgan fingerprint density at radius 3 is 3.00 bits per heavy atom. The van der Waals surface area contributed by atoms with E-state index in [4.69, 9.17) is 4.74 Å². The van der Waals surface area contributed by atoms with Gasteiger partial charge in [-0.1, -0.05) is 6.92 Å². The van der Waals surface area contributed by atoms with E-state index in [0.29, 0.717) is 19.1 Å². The van der Waals surface area contributed by atoms with E-state index in [1.165, 1.54) is 0 Å². The molecule has 0 aromatic carbocycles. The van der Waals surface area contributed by atoms with Crippen LogP contribution in [0.25, 0.3) is 0 Å². The summed E-state index contributed by atoms with van der Waals surface area (Å²) in [5.41, 5.74) is 0. The molecule has 12 heavy (non-hydrogen) atoms. The summed E-state index contributed by atoms with van der Waals surface area (Å²) in [4.78, 5) is 10.9. The number of rotatable bonds is 3. The first-order valence-electron chi connectivity index (χ1n) is 4.40. The molecular formula is C9H15NO2. The fraction of sp³-hybridized carbons (Fsp3) is 0.667. The minimum Gasteiger partial charge on any atom is -0.498 e. The first-order valence-corrected chi connectivity index (χ1v) is 4.40. The van der Waals surface area contributed by atoms with Crippen LogP contribution < -0.4 is 5.32 Å². The van der Waals surface area contributed by atoms with Crippen LogP contribution in [0.3, 0.4) is 0 Å². The average Bonchev–Trinajstić information content (AvgIpc) is 2.05. The van der Waals surface area contributed by atoms with Gasteiger partial charge < -0.3 is 10.1 Å². The fourth-order valence-corrected chi connectivity index (χ4v) is 1.29. The third kappa shape index (κ3) is 2.00. The molecule has 0 aromatic heterocycles. The maximum atomic E-state index is 10.9. The molecule has 0 fully saturated rings. The molecule has 0 saturated heterocycles. The summed E-state index contributed by atoms with van der Waals surface area (Å²) in [5, 5.41) is 2.78. The molecule has 1 N–H and O–H groups in total. The van der Waals surface area contributed by atoms with Crippen molar-refractivity contribution in [2.24, 2.45) is 5.92 Å². The van der Waals surface area contributed by atoms with Gasteiger partial charge in [-0.3, -0.25) is 4.79 Å². The quantitative estimate of drug-likeness (QED) is 0.686. The summed E-state index contributed by atoms with van der Waals surface area (Å²) in [6.07, 6.45) is 2.56. The van der Waals surface area contributed by atoms with Crippen LogP contribution in [0.4, 0.5) is 0 Å². The zero-order valence-corrected chi connectivity index (χ0v) is 7.59. The van der Waals surface area contributed by atoms with Gasteiger partial charge in [0.2, 0.25) is 5.91 Å². The van der Waals surface area contributed by atoms with Crippen molar-refractivity contribution in [2.75, 3.05) is 13.2 Å². The standard InChI is InChI=1S/C9H15NO2/c1-3-7-6-10-9(11)5-8(7)12-4-2/h5,7H,3-4,6H2,1-2H3,(H,10,11). The van der Waals surface area contributed by atoms with Crippen molar-refractivity contribution < 1.29 is 9.53 Å². The molecule has 3 nitrogen and oxygen atoms in total. The predicted octanol–water partition coefficient (Wildman–Crippen LogP) is 1.06. The Morgan fingerprint density at radius 1 is 1.67 bits per heavy atom. The largest absolute Gasteiger partial charge is 0.498 e. The van der Waals surface area contributed by atoms with Crippen LogP contribution in [0.2, 0.25) is 0 Å². The van der Waals surface area contributed by atoms with Crippen molar-refractivity contribution in [1.82, 2.24) is 5.32 Å². The van der Waals surface area contributed by atoms with Gasteiger partial charge in [-0.05, 0) is 13.3 Å². The van der Waals surface area contributed by atoms with Crippen LogP contribution >= 0.6 is 0 Å². The van der Waals surface area contributed by atoms with Crippen molar-refractivity contribution >= 4 is 5.91 Å². The van der Waals surface area contributed by atoms with Gasteiger partial charge in [-0.25, -0.2) is 0 Å². The Hall–Kier alpha value is -0.990. The van der Waals surface area contributed by atoms with E-state index < -0.39 is 0 Å². The van der Waals surface area contributed by atoms with E-state index in [1.807, 2.05) is 6.92 Å². The van der Waals surface area contributed by atoms with Gasteiger partial charge in [0.25, 0.3) is 0 Å². The lowest BCUT2D eigenvalue weighted by Gasteiger charge is -2.22. The number of hydrogen-bond acceptors (Lipinski definition) is 2. The number of ether oxygens (including phenoxy) is 1. The topological polar surface area (TPSA) is 38.3 Å². The van der Waals surface area contributed by atoms with E-state index in [0.717, 1.165) is 12.2 Å². The lowest BCUT2D eigenvalue weighted by Crippen LogP contribution is -2.34. The normalized spacial score (nSPS) is 23.0. The summed E-state index contributed by atoms with van der Waals surface area (Å²) in [6, 6.07) is 0. The summed E-state index contributed by atoms with van der Waals surface area (Å²) in [5.74, 6) is 1.16. The van der Waals surface area contributed by atoms with Crippen LogP contribution in [0.15, 0.2) is 11.8 Å². The fourth-order valence-electron chi connectivity index (χ4n) is 1.29. The maximum Gasteiger partial charge on any atom is 0.247 e. The molecule has 1 atom stereocenters. The summed E-state index contributed by atoms with van der Waals surface area (Å²) >= 11 is 0. The van der Waals surface area contributed by atoms with E-state index in [2.05, 4.69) is 12.2 Å². The van der Waals surface area contributed by atoms with Crippen LogP contribution in [0.5, 0.6) is 0 Å². The zero-order valence-electron chi connectivity index (χ0n) is 7.59. The van der Waals surface area contributed by atoms with Crippen molar-refractivity contribution in [2.45, 2.75) is 20.3 Å². The molecule has 3 heteroatoms. The van der Waals surface area contributed by atoms with Crippen molar-refractivity contribution in [1.29, 1.82) is 0 Å².